The van der Waals surface area contributed by atoms with Gasteiger partial charge in [-0.25, -0.2) is 0 Å². The van der Waals surface area contributed by atoms with Crippen LogP contribution in [0.3, 0.4) is 0 Å². The standard InChI is InChI=1S/C15H11N5O3S2/c21-11-8-9(12-3-1-5-24-12)7-10(13-4-2-6-25-13)14(11)19-17-15(16-18-19)20(22)23/h1-6,8,10,14H,7H2/t10-,14-/m0/s1. The van der Waals surface area contributed by atoms with E-state index in [1.807, 2.05) is 35.0 Å². The molecule has 0 aromatic carbocycles. The quantitative estimate of drug-likeness (QED) is 0.514. The normalized spacial score (nSPS) is 20.5. The van der Waals surface area contributed by atoms with Crippen molar-refractivity contribution in [1.29, 1.82) is 0 Å². The highest BCUT2D eigenvalue weighted by Gasteiger charge is 2.39. The minimum atomic E-state index is -0.733. The van der Waals surface area contributed by atoms with E-state index in [0.29, 0.717) is 6.42 Å². The molecule has 0 N–H and O–H groups in total. The maximum absolute atomic E-state index is 12.8. The SMILES string of the molecule is O=C1C=C(c2cccs2)C[C@@H](c2cccs2)[C@@H]1n1nnc([N+](=O)[O-])n1. The molecule has 4 rings (SSSR count). The first-order chi connectivity index (χ1) is 12.1. The maximum Gasteiger partial charge on any atom is 0.514 e. The van der Waals surface area contributed by atoms with Crippen molar-refractivity contribution >= 4 is 40.0 Å². The van der Waals surface area contributed by atoms with Gasteiger partial charge in [0, 0.05) is 20.9 Å². The average Bonchev–Trinajstić information content (AvgIpc) is 3.34. The lowest BCUT2D eigenvalue weighted by Gasteiger charge is -2.27. The van der Waals surface area contributed by atoms with Gasteiger partial charge in [0.05, 0.1) is 10.2 Å². The lowest BCUT2D eigenvalue weighted by atomic mass is 9.82. The second-order valence-corrected chi connectivity index (χ2v) is 7.41. The zero-order chi connectivity index (χ0) is 17.4. The van der Waals surface area contributed by atoms with Crippen molar-refractivity contribution in [3.8, 4) is 0 Å². The second kappa shape index (κ2) is 6.30. The molecule has 0 spiro atoms. The van der Waals surface area contributed by atoms with Gasteiger partial charge in [0.2, 0.25) is 0 Å². The van der Waals surface area contributed by atoms with Crippen molar-refractivity contribution in [1.82, 2.24) is 20.2 Å². The van der Waals surface area contributed by atoms with Crippen LogP contribution in [-0.2, 0) is 4.79 Å². The molecule has 0 radical (unpaired) electrons. The highest BCUT2D eigenvalue weighted by molar-refractivity contribution is 7.11. The van der Waals surface area contributed by atoms with E-state index in [1.165, 1.54) is 0 Å². The van der Waals surface area contributed by atoms with Crippen LogP contribution in [-0.4, -0.2) is 30.9 Å². The summed E-state index contributed by atoms with van der Waals surface area (Å²) in [6, 6.07) is 7.07. The number of carbonyl (C=O) groups is 1. The summed E-state index contributed by atoms with van der Waals surface area (Å²) in [5, 5.41) is 25.7. The Morgan fingerprint density at radius 1 is 1.24 bits per heavy atom. The molecule has 3 aromatic rings. The van der Waals surface area contributed by atoms with Crippen molar-refractivity contribution < 1.29 is 9.72 Å². The molecule has 0 aliphatic heterocycles. The number of ketones is 1. The molecule has 126 valence electrons. The molecule has 0 bridgehead atoms. The third kappa shape index (κ3) is 2.89. The van der Waals surface area contributed by atoms with Crippen LogP contribution in [0.5, 0.6) is 0 Å². The van der Waals surface area contributed by atoms with E-state index in [4.69, 9.17) is 0 Å². The monoisotopic (exact) mass is 373 g/mol. The summed E-state index contributed by atoms with van der Waals surface area (Å²) in [7, 11) is 0. The molecule has 0 saturated carbocycles. The van der Waals surface area contributed by atoms with E-state index in [1.54, 1.807) is 28.7 Å². The molecule has 3 heterocycles. The van der Waals surface area contributed by atoms with Gasteiger partial charge in [-0.05, 0) is 45.9 Å². The molecule has 1 aliphatic carbocycles. The fraction of sp³-hybridized carbons (Fsp3) is 0.200. The number of hydrogen-bond donors (Lipinski definition) is 0. The predicted octanol–water partition coefficient (Wildman–Crippen LogP) is 3.09. The summed E-state index contributed by atoms with van der Waals surface area (Å²) >= 11 is 3.12. The summed E-state index contributed by atoms with van der Waals surface area (Å²) in [6.45, 7) is 0. The molecule has 3 aromatic heterocycles. The van der Waals surface area contributed by atoms with Crippen molar-refractivity contribution in [3.63, 3.8) is 0 Å². The van der Waals surface area contributed by atoms with E-state index in [9.17, 15) is 14.9 Å². The number of aromatic nitrogens is 4. The Morgan fingerprint density at radius 2 is 2.04 bits per heavy atom. The molecule has 0 saturated heterocycles. The van der Waals surface area contributed by atoms with Gasteiger partial charge in [-0.15, -0.1) is 22.7 Å². The Bertz CT molecular complexity index is 946. The third-order valence-electron chi connectivity index (χ3n) is 4.01. The fourth-order valence-corrected chi connectivity index (χ4v) is 4.55. The van der Waals surface area contributed by atoms with Crippen LogP contribution in [0.1, 0.15) is 28.1 Å². The molecule has 1 aliphatic rings. The lowest BCUT2D eigenvalue weighted by Crippen LogP contribution is -2.30. The molecular weight excluding hydrogens is 362 g/mol. The smallest absolute Gasteiger partial charge is 0.390 e. The number of thiophene rings is 2. The molecular formula is C15H11N5O3S2. The largest absolute Gasteiger partial charge is 0.514 e. The molecule has 8 nitrogen and oxygen atoms in total. The van der Waals surface area contributed by atoms with E-state index in [0.717, 1.165) is 20.1 Å². The topological polar surface area (TPSA) is 104 Å². The number of nitro groups is 1. The highest BCUT2D eigenvalue weighted by Crippen LogP contribution is 2.43. The number of tetrazole rings is 1. The second-order valence-electron chi connectivity index (χ2n) is 5.49. The molecule has 0 amide bonds. The Balaban J connectivity index is 1.77. The van der Waals surface area contributed by atoms with Gasteiger partial charge in [-0.1, -0.05) is 16.9 Å². The average molecular weight is 373 g/mol. The van der Waals surface area contributed by atoms with Gasteiger partial charge < -0.3 is 10.1 Å². The molecule has 2 atom stereocenters. The van der Waals surface area contributed by atoms with Crippen molar-refractivity contribution in [3.05, 3.63) is 61.0 Å². The summed E-state index contributed by atoms with van der Waals surface area (Å²) in [6.07, 6.45) is 2.22. The predicted molar refractivity (Wildman–Crippen MR) is 92.5 cm³/mol. The minimum absolute atomic E-state index is 0.180. The summed E-state index contributed by atoms with van der Waals surface area (Å²) in [4.78, 5) is 26.1. The number of hydrogen-bond acceptors (Lipinski definition) is 8. The molecule has 25 heavy (non-hydrogen) atoms. The van der Waals surface area contributed by atoms with Gasteiger partial charge in [0.25, 0.3) is 0 Å². The van der Waals surface area contributed by atoms with Crippen LogP contribution in [0.2, 0.25) is 0 Å². The first-order valence-corrected chi connectivity index (χ1v) is 9.15. The molecule has 0 fully saturated rings. The van der Waals surface area contributed by atoms with Gasteiger partial charge in [0.1, 0.15) is 0 Å². The van der Waals surface area contributed by atoms with Crippen LogP contribution in [0.4, 0.5) is 5.95 Å². The zero-order valence-corrected chi connectivity index (χ0v) is 14.3. The number of nitrogens with zero attached hydrogens (tertiary/aromatic N) is 5. The Kier molecular flexibility index (Phi) is 3.98. The maximum atomic E-state index is 12.8. The number of rotatable bonds is 4. The van der Waals surface area contributed by atoms with E-state index in [2.05, 4.69) is 15.4 Å². The summed E-state index contributed by atoms with van der Waals surface area (Å²) < 4.78 is 0. The Morgan fingerprint density at radius 3 is 2.68 bits per heavy atom. The fourth-order valence-electron chi connectivity index (χ4n) is 2.94. The lowest BCUT2D eigenvalue weighted by molar-refractivity contribution is -0.394. The first kappa shape index (κ1) is 15.8. The first-order valence-electron chi connectivity index (χ1n) is 7.39. The van der Waals surface area contributed by atoms with Crippen molar-refractivity contribution in [2.24, 2.45) is 0 Å². The van der Waals surface area contributed by atoms with Crippen LogP contribution in [0.25, 0.3) is 5.57 Å². The van der Waals surface area contributed by atoms with E-state index < -0.39 is 16.9 Å². The molecule has 0 unspecified atom stereocenters. The van der Waals surface area contributed by atoms with Crippen LogP contribution < -0.4 is 0 Å². The van der Waals surface area contributed by atoms with Crippen molar-refractivity contribution in [2.75, 3.05) is 0 Å². The van der Waals surface area contributed by atoms with Crippen molar-refractivity contribution in [2.45, 2.75) is 18.4 Å². The summed E-state index contributed by atoms with van der Waals surface area (Å²) in [5.41, 5.74) is 0.962. The minimum Gasteiger partial charge on any atom is -0.390 e. The highest BCUT2D eigenvalue weighted by atomic mass is 32.1. The van der Waals surface area contributed by atoms with E-state index >= 15 is 0 Å². The van der Waals surface area contributed by atoms with Crippen LogP contribution in [0, 0.1) is 10.1 Å². The van der Waals surface area contributed by atoms with Gasteiger partial charge in [0.15, 0.2) is 11.8 Å². The number of allylic oxidation sites excluding steroid dienone is 2. The van der Waals surface area contributed by atoms with Gasteiger partial charge in [-0.2, -0.15) is 0 Å². The summed E-state index contributed by atoms with van der Waals surface area (Å²) in [5.74, 6) is -0.977. The Labute approximate surface area is 149 Å². The zero-order valence-electron chi connectivity index (χ0n) is 12.7. The van der Waals surface area contributed by atoms with Gasteiger partial charge in [-0.3, -0.25) is 4.79 Å². The van der Waals surface area contributed by atoms with Crippen LogP contribution in [0.15, 0.2) is 41.1 Å². The van der Waals surface area contributed by atoms with Gasteiger partial charge >= 0.3 is 5.95 Å². The third-order valence-corrected chi connectivity index (χ3v) is 5.95. The molecule has 10 heteroatoms. The van der Waals surface area contributed by atoms with Crippen LogP contribution >= 0.6 is 22.7 Å². The van der Waals surface area contributed by atoms with E-state index in [-0.39, 0.29) is 11.7 Å². The Hall–Kier alpha value is -2.72. The number of carbonyl (C=O) groups excluding carboxylic acids is 1.